The maximum absolute atomic E-state index is 12.3. The molecule has 0 bridgehead atoms. The second kappa shape index (κ2) is 6.69. The first kappa shape index (κ1) is 14.8. The summed E-state index contributed by atoms with van der Waals surface area (Å²) in [6.45, 7) is 4.08. The van der Waals surface area contributed by atoms with Crippen LogP contribution in [0.3, 0.4) is 0 Å². The minimum Gasteiger partial charge on any atom is -0.322 e. The average Bonchev–Trinajstić information content (AvgIpc) is 2.45. The topological polar surface area (TPSA) is 68.0 Å². The first-order valence-electron chi connectivity index (χ1n) is 6.64. The van der Waals surface area contributed by atoms with Crippen LogP contribution in [-0.2, 0) is 0 Å². The molecule has 0 saturated heterocycles. The first-order chi connectivity index (χ1) is 10.1. The number of nitrogens with two attached hydrogens (primary N) is 1. The Morgan fingerprint density at radius 2 is 2.14 bits per heavy atom. The van der Waals surface area contributed by atoms with Crippen LogP contribution in [0.1, 0.15) is 27.2 Å². The van der Waals surface area contributed by atoms with E-state index in [9.17, 15) is 4.79 Å². The monoisotopic (exact) mass is 279 g/mol. The van der Waals surface area contributed by atoms with E-state index >= 15 is 0 Å². The predicted molar refractivity (Wildman–Crippen MR) is 84.0 cm³/mol. The van der Waals surface area contributed by atoms with Crippen molar-refractivity contribution in [2.24, 2.45) is 5.73 Å². The zero-order valence-corrected chi connectivity index (χ0v) is 12.1. The number of nitrogens with one attached hydrogen (secondary N) is 1. The van der Waals surface area contributed by atoms with Crippen molar-refractivity contribution in [2.75, 3.05) is 11.9 Å². The number of carbonyl (C=O) groups excluding carboxylic acids is 1. The Labute approximate surface area is 124 Å². The van der Waals surface area contributed by atoms with E-state index in [1.54, 1.807) is 18.3 Å². The molecule has 0 saturated carbocycles. The zero-order chi connectivity index (χ0) is 15.2. The van der Waals surface area contributed by atoms with Crippen LogP contribution in [0.2, 0.25) is 0 Å². The molecule has 0 unspecified atom stereocenters. The van der Waals surface area contributed by atoms with Gasteiger partial charge in [0, 0.05) is 23.1 Å². The fraction of sp³-hybridized carbons (Fsp3) is 0.176. The summed E-state index contributed by atoms with van der Waals surface area (Å²) in [5.74, 6) is 5.60. The number of nitrogens with zero attached hydrogens (tertiary/aromatic N) is 1. The molecular formula is C17H17N3O. The van der Waals surface area contributed by atoms with E-state index in [1.807, 2.05) is 32.0 Å². The highest BCUT2D eigenvalue weighted by Crippen LogP contribution is 2.15. The predicted octanol–water partition coefficient (Wildman–Crippen LogP) is 2.26. The van der Waals surface area contributed by atoms with Gasteiger partial charge in [0.05, 0.1) is 12.1 Å². The van der Waals surface area contributed by atoms with Gasteiger partial charge in [-0.2, -0.15) is 0 Å². The van der Waals surface area contributed by atoms with Gasteiger partial charge in [-0.1, -0.05) is 11.8 Å². The van der Waals surface area contributed by atoms with Crippen molar-refractivity contribution in [1.82, 2.24) is 4.98 Å². The normalized spacial score (nSPS) is 9.67. The number of aryl methyl sites for hydroxylation is 2. The van der Waals surface area contributed by atoms with Gasteiger partial charge in [-0.3, -0.25) is 9.78 Å². The molecule has 0 atom stereocenters. The standard InChI is InChI=1S/C17H17N3O/c1-12-9-14(5-3-7-18)11-15(10-12)20-17(21)16-6-4-8-19-13(16)2/h4,6,8-11H,7,18H2,1-2H3,(H,20,21). The summed E-state index contributed by atoms with van der Waals surface area (Å²) in [5.41, 5.74) is 9.21. The molecule has 1 aromatic carbocycles. The largest absolute Gasteiger partial charge is 0.322 e. The number of carbonyl (C=O) groups is 1. The maximum atomic E-state index is 12.3. The second-order valence-corrected chi connectivity index (χ2v) is 4.68. The molecule has 3 N–H and O–H groups in total. The van der Waals surface area contributed by atoms with E-state index in [2.05, 4.69) is 22.1 Å². The lowest BCUT2D eigenvalue weighted by Crippen LogP contribution is -2.14. The Hall–Kier alpha value is -2.64. The highest BCUT2D eigenvalue weighted by atomic mass is 16.1. The fourth-order valence-corrected chi connectivity index (χ4v) is 2.00. The Bertz CT molecular complexity index is 726. The van der Waals surface area contributed by atoms with Crippen LogP contribution >= 0.6 is 0 Å². The van der Waals surface area contributed by atoms with Crippen LogP contribution in [0.15, 0.2) is 36.5 Å². The summed E-state index contributed by atoms with van der Waals surface area (Å²) >= 11 is 0. The van der Waals surface area contributed by atoms with Crippen LogP contribution in [0, 0.1) is 25.7 Å². The number of anilines is 1. The minimum atomic E-state index is -0.177. The fourth-order valence-electron chi connectivity index (χ4n) is 2.00. The molecule has 2 rings (SSSR count). The maximum Gasteiger partial charge on any atom is 0.257 e. The number of benzene rings is 1. The van der Waals surface area contributed by atoms with Crippen LogP contribution < -0.4 is 11.1 Å². The Morgan fingerprint density at radius 3 is 2.86 bits per heavy atom. The molecule has 106 valence electrons. The third-order valence-electron chi connectivity index (χ3n) is 2.92. The number of hydrogen-bond donors (Lipinski definition) is 2. The first-order valence-corrected chi connectivity index (χ1v) is 6.64. The van der Waals surface area contributed by atoms with Gasteiger partial charge in [0.1, 0.15) is 0 Å². The van der Waals surface area contributed by atoms with Crippen LogP contribution in [0.25, 0.3) is 0 Å². The molecule has 21 heavy (non-hydrogen) atoms. The quantitative estimate of drug-likeness (QED) is 0.829. The number of aromatic nitrogens is 1. The van der Waals surface area contributed by atoms with Crippen molar-refractivity contribution in [1.29, 1.82) is 0 Å². The van der Waals surface area contributed by atoms with Crippen LogP contribution in [-0.4, -0.2) is 17.4 Å². The molecule has 1 amide bonds. The lowest BCUT2D eigenvalue weighted by Gasteiger charge is -2.08. The molecule has 0 aliphatic carbocycles. The van der Waals surface area contributed by atoms with Crippen molar-refractivity contribution >= 4 is 11.6 Å². The SMILES string of the molecule is Cc1cc(C#CCN)cc(NC(=O)c2cccnc2C)c1. The highest BCUT2D eigenvalue weighted by molar-refractivity contribution is 6.05. The lowest BCUT2D eigenvalue weighted by atomic mass is 10.1. The smallest absolute Gasteiger partial charge is 0.257 e. The number of pyridine rings is 1. The molecule has 4 nitrogen and oxygen atoms in total. The summed E-state index contributed by atoms with van der Waals surface area (Å²) in [6, 6.07) is 9.18. The molecule has 0 aliphatic heterocycles. The van der Waals surface area contributed by atoms with Gasteiger partial charge in [-0.25, -0.2) is 0 Å². The second-order valence-electron chi connectivity index (χ2n) is 4.68. The summed E-state index contributed by atoms with van der Waals surface area (Å²) in [5, 5.41) is 2.88. The Kier molecular flexibility index (Phi) is 4.70. The zero-order valence-electron chi connectivity index (χ0n) is 12.1. The van der Waals surface area contributed by atoms with Gasteiger partial charge in [0.25, 0.3) is 5.91 Å². The highest BCUT2D eigenvalue weighted by Gasteiger charge is 2.09. The molecular weight excluding hydrogens is 262 g/mol. The van der Waals surface area contributed by atoms with Gasteiger partial charge >= 0.3 is 0 Å². The van der Waals surface area contributed by atoms with Crippen LogP contribution in [0.4, 0.5) is 5.69 Å². The van der Waals surface area contributed by atoms with Crippen molar-refractivity contribution in [3.8, 4) is 11.8 Å². The van der Waals surface area contributed by atoms with E-state index in [-0.39, 0.29) is 5.91 Å². The van der Waals surface area contributed by atoms with Gasteiger partial charge in [0.2, 0.25) is 0 Å². The van der Waals surface area contributed by atoms with Gasteiger partial charge in [-0.15, -0.1) is 0 Å². The van der Waals surface area contributed by atoms with E-state index in [1.165, 1.54) is 0 Å². The van der Waals surface area contributed by atoms with E-state index < -0.39 is 0 Å². The van der Waals surface area contributed by atoms with Crippen molar-refractivity contribution in [2.45, 2.75) is 13.8 Å². The van der Waals surface area contributed by atoms with Gasteiger partial charge < -0.3 is 11.1 Å². The summed E-state index contributed by atoms with van der Waals surface area (Å²) in [6.07, 6.45) is 1.67. The van der Waals surface area contributed by atoms with E-state index in [0.717, 1.165) is 11.1 Å². The number of rotatable bonds is 2. The molecule has 1 heterocycles. The molecule has 2 aromatic rings. The lowest BCUT2D eigenvalue weighted by molar-refractivity contribution is 0.102. The minimum absolute atomic E-state index is 0.177. The van der Waals surface area contributed by atoms with Crippen LogP contribution in [0.5, 0.6) is 0 Å². The average molecular weight is 279 g/mol. The molecule has 4 heteroatoms. The van der Waals surface area contributed by atoms with Gasteiger partial charge in [0.15, 0.2) is 0 Å². The summed E-state index contributed by atoms with van der Waals surface area (Å²) in [4.78, 5) is 16.4. The van der Waals surface area contributed by atoms with E-state index in [4.69, 9.17) is 5.73 Å². The molecule has 0 spiro atoms. The molecule has 0 fully saturated rings. The van der Waals surface area contributed by atoms with Gasteiger partial charge in [-0.05, 0) is 49.7 Å². The van der Waals surface area contributed by atoms with Crippen molar-refractivity contribution in [3.05, 3.63) is 58.9 Å². The van der Waals surface area contributed by atoms with Crippen molar-refractivity contribution in [3.63, 3.8) is 0 Å². The summed E-state index contributed by atoms with van der Waals surface area (Å²) < 4.78 is 0. The third kappa shape index (κ3) is 3.91. The summed E-state index contributed by atoms with van der Waals surface area (Å²) in [7, 11) is 0. The number of hydrogen-bond acceptors (Lipinski definition) is 3. The third-order valence-corrected chi connectivity index (χ3v) is 2.92. The molecule has 0 radical (unpaired) electrons. The Morgan fingerprint density at radius 1 is 1.33 bits per heavy atom. The Balaban J connectivity index is 2.25. The molecule has 1 aromatic heterocycles. The van der Waals surface area contributed by atoms with Crippen molar-refractivity contribution < 1.29 is 4.79 Å². The number of amides is 1. The molecule has 0 aliphatic rings. The van der Waals surface area contributed by atoms with E-state index in [0.29, 0.717) is 23.5 Å².